The summed E-state index contributed by atoms with van der Waals surface area (Å²) in [6.07, 6.45) is 1.51. The number of carbonyl (C=O) groups is 1. The van der Waals surface area contributed by atoms with Crippen LogP contribution >= 0.6 is 11.3 Å². The Morgan fingerprint density at radius 3 is 2.69 bits per heavy atom. The van der Waals surface area contributed by atoms with Gasteiger partial charge in [0.2, 0.25) is 5.91 Å². The quantitative estimate of drug-likeness (QED) is 0.858. The fourth-order valence-corrected chi connectivity index (χ4v) is 2.42. The third-order valence-corrected chi connectivity index (χ3v) is 3.08. The third kappa shape index (κ3) is 5.31. The van der Waals surface area contributed by atoms with E-state index in [-0.39, 0.29) is 17.4 Å². The predicted molar refractivity (Wildman–Crippen MR) is 69.7 cm³/mol. The number of amides is 1. The van der Waals surface area contributed by atoms with E-state index in [2.05, 4.69) is 44.5 Å². The highest BCUT2D eigenvalue weighted by atomic mass is 32.1. The van der Waals surface area contributed by atoms with Gasteiger partial charge in [-0.25, -0.2) is 0 Å². The lowest BCUT2D eigenvalue weighted by Crippen LogP contribution is -2.35. The van der Waals surface area contributed by atoms with Gasteiger partial charge in [0.25, 0.3) is 0 Å². The monoisotopic (exact) mass is 239 g/mol. The normalized spacial score (nSPS) is 13.5. The zero-order valence-electron chi connectivity index (χ0n) is 10.5. The fraction of sp³-hybridized carbons (Fsp3) is 0.615. The Labute approximate surface area is 102 Å². The van der Waals surface area contributed by atoms with Gasteiger partial charge in [0.05, 0.1) is 0 Å². The third-order valence-electron chi connectivity index (χ3n) is 2.19. The van der Waals surface area contributed by atoms with Gasteiger partial charge >= 0.3 is 0 Å². The van der Waals surface area contributed by atoms with E-state index in [1.54, 1.807) is 11.3 Å². The second kappa shape index (κ2) is 5.48. The molecule has 0 saturated heterocycles. The van der Waals surface area contributed by atoms with Crippen molar-refractivity contribution in [2.75, 3.05) is 0 Å². The van der Waals surface area contributed by atoms with E-state index in [4.69, 9.17) is 0 Å². The lowest BCUT2D eigenvalue weighted by atomic mass is 9.92. The molecule has 0 aliphatic carbocycles. The molecule has 0 spiro atoms. The summed E-state index contributed by atoms with van der Waals surface area (Å²) >= 11 is 1.74. The molecule has 0 unspecified atom stereocenters. The average molecular weight is 239 g/mol. The van der Waals surface area contributed by atoms with E-state index in [1.807, 2.05) is 6.07 Å². The maximum atomic E-state index is 11.7. The Morgan fingerprint density at radius 1 is 1.50 bits per heavy atom. The molecule has 3 heteroatoms. The van der Waals surface area contributed by atoms with E-state index >= 15 is 0 Å². The average Bonchev–Trinajstić information content (AvgIpc) is 2.51. The molecule has 1 aromatic rings. The largest absolute Gasteiger partial charge is 0.353 e. The van der Waals surface area contributed by atoms with Gasteiger partial charge in [-0.2, -0.15) is 0 Å². The first-order chi connectivity index (χ1) is 7.37. The van der Waals surface area contributed by atoms with Gasteiger partial charge in [-0.05, 0) is 23.8 Å². The van der Waals surface area contributed by atoms with Crippen molar-refractivity contribution >= 4 is 17.2 Å². The van der Waals surface area contributed by atoms with Gasteiger partial charge in [-0.3, -0.25) is 4.79 Å². The van der Waals surface area contributed by atoms with Crippen LogP contribution in [0.1, 0.15) is 39.0 Å². The number of hydrogen-bond donors (Lipinski definition) is 1. The van der Waals surface area contributed by atoms with Crippen LogP contribution in [0.2, 0.25) is 0 Å². The van der Waals surface area contributed by atoms with Gasteiger partial charge in [0.15, 0.2) is 0 Å². The highest BCUT2D eigenvalue weighted by Crippen LogP contribution is 2.18. The van der Waals surface area contributed by atoms with E-state index in [0.717, 1.165) is 6.42 Å². The number of hydrogen-bond acceptors (Lipinski definition) is 2. The van der Waals surface area contributed by atoms with Crippen molar-refractivity contribution < 1.29 is 4.79 Å². The van der Waals surface area contributed by atoms with Crippen LogP contribution in [0.25, 0.3) is 0 Å². The fourth-order valence-electron chi connectivity index (χ4n) is 1.59. The van der Waals surface area contributed by atoms with Crippen LogP contribution in [0.15, 0.2) is 17.5 Å². The van der Waals surface area contributed by atoms with Gasteiger partial charge in [0, 0.05) is 23.8 Å². The molecule has 2 nitrogen and oxygen atoms in total. The predicted octanol–water partition coefficient (Wildman–Crippen LogP) is 3.23. The molecule has 1 N–H and O–H groups in total. The molecule has 0 aliphatic heterocycles. The van der Waals surface area contributed by atoms with E-state index in [1.165, 1.54) is 4.88 Å². The topological polar surface area (TPSA) is 29.1 Å². The van der Waals surface area contributed by atoms with Crippen LogP contribution in [-0.4, -0.2) is 11.9 Å². The van der Waals surface area contributed by atoms with Crippen molar-refractivity contribution in [2.45, 2.75) is 46.6 Å². The van der Waals surface area contributed by atoms with Gasteiger partial charge in [-0.15, -0.1) is 11.3 Å². The lowest BCUT2D eigenvalue weighted by Gasteiger charge is -2.19. The summed E-state index contributed by atoms with van der Waals surface area (Å²) in [6.45, 7) is 8.30. The van der Waals surface area contributed by atoms with Gasteiger partial charge in [0.1, 0.15) is 0 Å². The highest BCUT2D eigenvalue weighted by Gasteiger charge is 2.17. The van der Waals surface area contributed by atoms with E-state index in [9.17, 15) is 4.79 Å². The summed E-state index contributed by atoms with van der Waals surface area (Å²) < 4.78 is 0. The summed E-state index contributed by atoms with van der Waals surface area (Å²) in [5.74, 6) is 0.150. The van der Waals surface area contributed by atoms with Gasteiger partial charge in [-0.1, -0.05) is 26.8 Å². The van der Waals surface area contributed by atoms with Crippen molar-refractivity contribution in [1.29, 1.82) is 0 Å². The number of carbonyl (C=O) groups excluding carboxylic acids is 1. The molecule has 1 heterocycles. The summed E-state index contributed by atoms with van der Waals surface area (Å²) in [5, 5.41) is 5.11. The Balaban J connectivity index is 2.34. The first kappa shape index (κ1) is 13.2. The number of nitrogens with one attached hydrogen (secondary N) is 1. The van der Waals surface area contributed by atoms with Crippen molar-refractivity contribution in [3.8, 4) is 0 Å². The first-order valence-electron chi connectivity index (χ1n) is 5.68. The molecule has 1 atom stereocenters. The molecule has 0 fully saturated rings. The lowest BCUT2D eigenvalue weighted by molar-refractivity contribution is -0.123. The standard InChI is InChI=1S/C13H21NOS/c1-10(8-11-6-5-7-16-11)14-12(15)9-13(2,3)4/h5-7,10H,8-9H2,1-4H3,(H,14,15)/t10-/m0/s1. The molecular formula is C13H21NOS. The molecule has 1 rings (SSSR count). The molecule has 0 aliphatic rings. The number of rotatable bonds is 4. The maximum absolute atomic E-state index is 11.7. The molecule has 0 aromatic carbocycles. The van der Waals surface area contributed by atoms with E-state index < -0.39 is 0 Å². The Bertz CT molecular complexity index is 324. The van der Waals surface area contributed by atoms with Crippen molar-refractivity contribution in [1.82, 2.24) is 5.32 Å². The van der Waals surface area contributed by atoms with Gasteiger partial charge < -0.3 is 5.32 Å². The Hall–Kier alpha value is -0.830. The van der Waals surface area contributed by atoms with Crippen molar-refractivity contribution in [3.05, 3.63) is 22.4 Å². The van der Waals surface area contributed by atoms with Crippen LogP contribution in [-0.2, 0) is 11.2 Å². The summed E-state index contributed by atoms with van der Waals surface area (Å²) in [6, 6.07) is 4.37. The molecule has 1 amide bonds. The minimum atomic E-state index is 0.0622. The Morgan fingerprint density at radius 2 is 2.19 bits per heavy atom. The van der Waals surface area contributed by atoms with Crippen LogP contribution in [0.4, 0.5) is 0 Å². The smallest absolute Gasteiger partial charge is 0.220 e. The molecule has 1 aromatic heterocycles. The summed E-state index contributed by atoms with van der Waals surface area (Å²) in [4.78, 5) is 13.0. The van der Waals surface area contributed by atoms with Crippen LogP contribution in [0, 0.1) is 5.41 Å². The Kier molecular flexibility index (Phi) is 4.54. The number of thiophene rings is 1. The minimum absolute atomic E-state index is 0.0622. The molecule has 0 saturated carbocycles. The first-order valence-corrected chi connectivity index (χ1v) is 6.56. The molecule has 16 heavy (non-hydrogen) atoms. The molecule has 0 bridgehead atoms. The SMILES string of the molecule is C[C@@H](Cc1cccs1)NC(=O)CC(C)(C)C. The van der Waals surface area contributed by atoms with E-state index in [0.29, 0.717) is 6.42 Å². The molecule has 0 radical (unpaired) electrons. The highest BCUT2D eigenvalue weighted by molar-refractivity contribution is 7.09. The van der Waals surface area contributed by atoms with Crippen LogP contribution < -0.4 is 5.32 Å². The zero-order chi connectivity index (χ0) is 12.2. The van der Waals surface area contributed by atoms with Crippen LogP contribution in [0.5, 0.6) is 0 Å². The summed E-state index contributed by atoms with van der Waals surface area (Å²) in [7, 11) is 0. The van der Waals surface area contributed by atoms with Crippen molar-refractivity contribution in [2.24, 2.45) is 5.41 Å². The second-order valence-electron chi connectivity index (χ2n) is 5.49. The zero-order valence-corrected chi connectivity index (χ0v) is 11.4. The minimum Gasteiger partial charge on any atom is -0.353 e. The summed E-state index contributed by atoms with van der Waals surface area (Å²) in [5.41, 5.74) is 0.0622. The van der Waals surface area contributed by atoms with Crippen molar-refractivity contribution in [3.63, 3.8) is 0 Å². The molecular weight excluding hydrogens is 218 g/mol. The maximum Gasteiger partial charge on any atom is 0.220 e. The molecule has 90 valence electrons. The van der Waals surface area contributed by atoms with Crippen LogP contribution in [0.3, 0.4) is 0 Å². The second-order valence-corrected chi connectivity index (χ2v) is 6.52.